The monoisotopic (exact) mass is 243 g/mol. The van der Waals surface area contributed by atoms with Crippen LogP contribution in [0.1, 0.15) is 13.3 Å². The number of ether oxygens (including phenoxy) is 1. The third kappa shape index (κ3) is 2.24. The molecule has 2 atom stereocenters. The van der Waals surface area contributed by atoms with E-state index in [0.29, 0.717) is 6.04 Å². The second-order valence-corrected chi connectivity index (χ2v) is 4.62. The van der Waals surface area contributed by atoms with Gasteiger partial charge in [-0.05, 0) is 37.6 Å². The minimum absolute atomic E-state index is 0.276. The highest BCUT2D eigenvalue weighted by Crippen LogP contribution is 2.20. The van der Waals surface area contributed by atoms with Gasteiger partial charge < -0.3 is 10.1 Å². The number of hydrogen-bond donors (Lipinski definition) is 1. The van der Waals surface area contributed by atoms with E-state index in [0.717, 1.165) is 24.4 Å². The van der Waals surface area contributed by atoms with Crippen LogP contribution in [-0.2, 0) is 4.74 Å². The molecule has 0 radical (unpaired) electrons. The zero-order chi connectivity index (χ0) is 12.4. The van der Waals surface area contributed by atoms with E-state index in [1.54, 1.807) is 6.20 Å². The standard InChI is InChI=1S/C14H17N3O/c1-11-14(6-9-18-11)16-12-4-2-5-13(10-12)17-8-3-7-15-17/h2-5,7-8,10-11,14,16H,6,9H2,1H3. The first-order chi connectivity index (χ1) is 8.83. The first-order valence-corrected chi connectivity index (χ1v) is 6.31. The fourth-order valence-electron chi connectivity index (χ4n) is 2.30. The van der Waals surface area contributed by atoms with Gasteiger partial charge in [-0.3, -0.25) is 0 Å². The molecule has 0 bridgehead atoms. The van der Waals surface area contributed by atoms with Crippen LogP contribution >= 0.6 is 0 Å². The molecule has 2 heterocycles. The number of nitrogens with one attached hydrogen (secondary N) is 1. The van der Waals surface area contributed by atoms with E-state index in [2.05, 4.69) is 29.5 Å². The van der Waals surface area contributed by atoms with Crippen LogP contribution in [0.2, 0.25) is 0 Å². The Balaban J connectivity index is 1.79. The maximum absolute atomic E-state index is 5.56. The molecule has 18 heavy (non-hydrogen) atoms. The molecule has 3 rings (SSSR count). The Morgan fingerprint density at radius 1 is 1.39 bits per heavy atom. The van der Waals surface area contributed by atoms with Crippen LogP contribution in [-0.4, -0.2) is 28.5 Å². The van der Waals surface area contributed by atoms with Gasteiger partial charge in [-0.15, -0.1) is 0 Å². The van der Waals surface area contributed by atoms with Gasteiger partial charge in [0.2, 0.25) is 0 Å². The zero-order valence-electron chi connectivity index (χ0n) is 10.4. The summed E-state index contributed by atoms with van der Waals surface area (Å²) < 4.78 is 7.42. The molecule has 1 aromatic carbocycles. The molecule has 4 heteroatoms. The molecule has 2 unspecified atom stereocenters. The first-order valence-electron chi connectivity index (χ1n) is 6.31. The minimum atomic E-state index is 0.276. The van der Waals surface area contributed by atoms with Crippen LogP contribution in [0.4, 0.5) is 5.69 Å². The summed E-state index contributed by atoms with van der Waals surface area (Å²) in [5.74, 6) is 0. The average Bonchev–Trinajstić information content (AvgIpc) is 3.02. The topological polar surface area (TPSA) is 39.1 Å². The second-order valence-electron chi connectivity index (χ2n) is 4.62. The molecule has 1 aliphatic heterocycles. The summed E-state index contributed by atoms with van der Waals surface area (Å²) in [5.41, 5.74) is 2.18. The Kier molecular flexibility index (Phi) is 3.02. The fourth-order valence-corrected chi connectivity index (χ4v) is 2.30. The van der Waals surface area contributed by atoms with Crippen LogP contribution in [0.15, 0.2) is 42.7 Å². The average molecular weight is 243 g/mol. The van der Waals surface area contributed by atoms with Crippen molar-refractivity contribution in [1.82, 2.24) is 9.78 Å². The highest BCUT2D eigenvalue weighted by molar-refractivity contribution is 5.51. The smallest absolute Gasteiger partial charge is 0.0748 e. The van der Waals surface area contributed by atoms with Crippen LogP contribution in [0, 0.1) is 0 Å². The van der Waals surface area contributed by atoms with Gasteiger partial charge in [0.15, 0.2) is 0 Å². The maximum atomic E-state index is 5.56. The summed E-state index contributed by atoms with van der Waals surface area (Å²) in [6.07, 6.45) is 5.07. The number of hydrogen-bond acceptors (Lipinski definition) is 3. The SMILES string of the molecule is CC1OCCC1Nc1cccc(-n2cccn2)c1. The molecule has 1 aromatic heterocycles. The van der Waals surface area contributed by atoms with Crippen molar-refractivity contribution >= 4 is 5.69 Å². The van der Waals surface area contributed by atoms with Gasteiger partial charge in [0, 0.05) is 24.7 Å². The first kappa shape index (κ1) is 11.3. The lowest BCUT2D eigenvalue weighted by Gasteiger charge is -2.17. The molecule has 2 aromatic rings. The van der Waals surface area contributed by atoms with Crippen molar-refractivity contribution in [2.24, 2.45) is 0 Å². The van der Waals surface area contributed by atoms with Crippen LogP contribution in [0.5, 0.6) is 0 Å². The minimum Gasteiger partial charge on any atom is -0.380 e. The number of anilines is 1. The summed E-state index contributed by atoms with van der Waals surface area (Å²) >= 11 is 0. The van der Waals surface area contributed by atoms with E-state index in [1.807, 2.05) is 29.1 Å². The van der Waals surface area contributed by atoms with Gasteiger partial charge in [-0.1, -0.05) is 6.07 Å². The largest absolute Gasteiger partial charge is 0.380 e. The maximum Gasteiger partial charge on any atom is 0.0748 e. The van der Waals surface area contributed by atoms with Crippen molar-refractivity contribution in [2.45, 2.75) is 25.5 Å². The summed E-state index contributed by atoms with van der Waals surface area (Å²) in [6.45, 7) is 2.96. The van der Waals surface area contributed by atoms with Gasteiger partial charge in [-0.25, -0.2) is 4.68 Å². The van der Waals surface area contributed by atoms with Gasteiger partial charge in [0.05, 0.1) is 17.8 Å². The Bertz CT molecular complexity index is 510. The highest BCUT2D eigenvalue weighted by atomic mass is 16.5. The number of rotatable bonds is 3. The predicted molar refractivity (Wildman–Crippen MR) is 71.0 cm³/mol. The third-order valence-corrected chi connectivity index (χ3v) is 3.34. The van der Waals surface area contributed by atoms with E-state index >= 15 is 0 Å². The lowest BCUT2D eigenvalue weighted by atomic mass is 10.1. The molecule has 0 spiro atoms. The Hall–Kier alpha value is -1.81. The zero-order valence-corrected chi connectivity index (χ0v) is 10.4. The van der Waals surface area contributed by atoms with E-state index in [-0.39, 0.29) is 6.10 Å². The van der Waals surface area contributed by atoms with Gasteiger partial charge >= 0.3 is 0 Å². The molecule has 1 saturated heterocycles. The third-order valence-electron chi connectivity index (χ3n) is 3.34. The van der Waals surface area contributed by atoms with E-state index < -0.39 is 0 Å². The lowest BCUT2D eigenvalue weighted by molar-refractivity contribution is 0.121. The van der Waals surface area contributed by atoms with Crippen molar-refractivity contribution in [2.75, 3.05) is 11.9 Å². The van der Waals surface area contributed by atoms with Crippen molar-refractivity contribution in [1.29, 1.82) is 0 Å². The van der Waals surface area contributed by atoms with Crippen LogP contribution in [0.3, 0.4) is 0 Å². The molecular weight excluding hydrogens is 226 g/mol. The summed E-state index contributed by atoms with van der Waals surface area (Å²) in [7, 11) is 0. The van der Waals surface area contributed by atoms with E-state index in [9.17, 15) is 0 Å². The molecule has 94 valence electrons. The molecule has 1 aliphatic rings. The number of aromatic nitrogens is 2. The predicted octanol–water partition coefficient (Wildman–Crippen LogP) is 2.46. The number of nitrogens with zero attached hydrogens (tertiary/aromatic N) is 2. The van der Waals surface area contributed by atoms with E-state index in [1.165, 1.54) is 0 Å². The number of benzene rings is 1. The van der Waals surface area contributed by atoms with Crippen LogP contribution in [0.25, 0.3) is 5.69 Å². The van der Waals surface area contributed by atoms with Crippen LogP contribution < -0.4 is 5.32 Å². The molecule has 1 fully saturated rings. The second kappa shape index (κ2) is 4.82. The molecule has 1 N–H and O–H groups in total. The quantitative estimate of drug-likeness (QED) is 0.900. The summed E-state index contributed by atoms with van der Waals surface area (Å²) in [6, 6.07) is 10.6. The van der Waals surface area contributed by atoms with Crippen molar-refractivity contribution < 1.29 is 4.74 Å². The molecule has 0 saturated carbocycles. The van der Waals surface area contributed by atoms with Crippen molar-refractivity contribution in [3.63, 3.8) is 0 Å². The molecule has 0 amide bonds. The van der Waals surface area contributed by atoms with Gasteiger partial charge in [0.1, 0.15) is 0 Å². The summed E-state index contributed by atoms with van der Waals surface area (Å²) in [5, 5.41) is 7.77. The highest BCUT2D eigenvalue weighted by Gasteiger charge is 2.23. The lowest BCUT2D eigenvalue weighted by Crippen LogP contribution is -2.26. The van der Waals surface area contributed by atoms with Gasteiger partial charge in [-0.2, -0.15) is 5.10 Å². The Morgan fingerprint density at radius 3 is 3.06 bits per heavy atom. The van der Waals surface area contributed by atoms with E-state index in [4.69, 9.17) is 4.74 Å². The fraction of sp³-hybridized carbons (Fsp3) is 0.357. The normalized spacial score (nSPS) is 23.2. The molecular formula is C14H17N3O. The Morgan fingerprint density at radius 2 is 2.33 bits per heavy atom. The summed E-state index contributed by atoms with van der Waals surface area (Å²) in [4.78, 5) is 0. The van der Waals surface area contributed by atoms with Crippen molar-refractivity contribution in [3.05, 3.63) is 42.7 Å². The molecule has 0 aliphatic carbocycles. The Labute approximate surface area is 107 Å². The molecule has 4 nitrogen and oxygen atoms in total. The van der Waals surface area contributed by atoms with Crippen molar-refractivity contribution in [3.8, 4) is 5.69 Å². The van der Waals surface area contributed by atoms with Gasteiger partial charge in [0.25, 0.3) is 0 Å².